The van der Waals surface area contributed by atoms with Gasteiger partial charge >= 0.3 is 0 Å². The van der Waals surface area contributed by atoms with E-state index in [0.717, 1.165) is 26.2 Å². The average molecular weight is 301 g/mol. The highest BCUT2D eigenvalue weighted by Gasteiger charge is 2.26. The van der Waals surface area contributed by atoms with E-state index in [0.29, 0.717) is 6.04 Å². The van der Waals surface area contributed by atoms with Gasteiger partial charge in [-0.25, -0.2) is 0 Å². The van der Waals surface area contributed by atoms with Crippen LogP contribution in [0.5, 0.6) is 0 Å². The predicted molar refractivity (Wildman–Crippen MR) is 94.5 cm³/mol. The summed E-state index contributed by atoms with van der Waals surface area (Å²) in [6, 6.07) is 7.73. The number of nitrogens with one attached hydrogen (secondary N) is 1. The van der Waals surface area contributed by atoms with Crippen molar-refractivity contribution in [3.05, 3.63) is 29.3 Å². The number of rotatable bonds is 4. The smallest absolute Gasteiger partial charge is 0.0476 e. The van der Waals surface area contributed by atoms with Gasteiger partial charge in [-0.1, -0.05) is 18.9 Å². The third-order valence-corrected chi connectivity index (χ3v) is 5.35. The fourth-order valence-electron chi connectivity index (χ4n) is 4.04. The molecule has 2 aliphatic heterocycles. The fourth-order valence-corrected chi connectivity index (χ4v) is 4.04. The van der Waals surface area contributed by atoms with Crippen LogP contribution < -0.4 is 10.2 Å². The lowest BCUT2D eigenvalue weighted by Gasteiger charge is -2.36. The predicted octanol–water partition coefficient (Wildman–Crippen LogP) is 3.55. The van der Waals surface area contributed by atoms with Gasteiger partial charge in [0.25, 0.3) is 0 Å². The Hall–Kier alpha value is -1.06. The van der Waals surface area contributed by atoms with Crippen LogP contribution in [-0.2, 0) is 6.54 Å². The van der Waals surface area contributed by atoms with Crippen molar-refractivity contribution in [2.24, 2.45) is 0 Å². The topological polar surface area (TPSA) is 18.5 Å². The molecule has 0 saturated carbocycles. The summed E-state index contributed by atoms with van der Waals surface area (Å²) in [5.74, 6) is 0. The highest BCUT2D eigenvalue weighted by Crippen LogP contribution is 2.31. The van der Waals surface area contributed by atoms with Crippen LogP contribution in [0.25, 0.3) is 0 Å². The Morgan fingerprint density at radius 2 is 1.82 bits per heavy atom. The molecule has 1 saturated heterocycles. The number of nitrogens with zero attached hydrogens (tertiary/aromatic N) is 2. The molecule has 0 bridgehead atoms. The lowest BCUT2D eigenvalue weighted by Crippen LogP contribution is -2.40. The third kappa shape index (κ3) is 3.31. The fraction of sp³-hybridized carbons (Fsp3) is 0.684. The first-order chi connectivity index (χ1) is 10.8. The van der Waals surface area contributed by atoms with Crippen molar-refractivity contribution in [3.8, 4) is 0 Å². The molecule has 0 amide bonds. The average Bonchev–Trinajstić information content (AvgIpc) is 2.84. The molecule has 0 aromatic heterocycles. The first-order valence-electron chi connectivity index (χ1n) is 9.16. The van der Waals surface area contributed by atoms with E-state index in [9.17, 15) is 0 Å². The highest BCUT2D eigenvalue weighted by molar-refractivity contribution is 5.52. The van der Waals surface area contributed by atoms with Gasteiger partial charge in [-0.2, -0.15) is 0 Å². The van der Waals surface area contributed by atoms with Crippen molar-refractivity contribution in [2.45, 2.75) is 52.1 Å². The normalized spacial score (nSPS) is 22.9. The second kappa shape index (κ2) is 7.47. The van der Waals surface area contributed by atoms with Crippen molar-refractivity contribution in [3.63, 3.8) is 0 Å². The minimum absolute atomic E-state index is 0.576. The monoisotopic (exact) mass is 301 g/mol. The maximum Gasteiger partial charge on any atom is 0.0476 e. The first-order valence-corrected chi connectivity index (χ1v) is 9.16. The second-order valence-electron chi connectivity index (χ2n) is 6.65. The van der Waals surface area contributed by atoms with E-state index < -0.39 is 0 Å². The van der Waals surface area contributed by atoms with Crippen molar-refractivity contribution >= 4 is 5.69 Å². The molecule has 2 heterocycles. The molecule has 0 radical (unpaired) electrons. The van der Waals surface area contributed by atoms with Crippen LogP contribution in [0, 0.1) is 0 Å². The second-order valence-corrected chi connectivity index (χ2v) is 6.65. The minimum Gasteiger partial charge on any atom is -0.372 e. The molecule has 22 heavy (non-hydrogen) atoms. The summed E-state index contributed by atoms with van der Waals surface area (Å²) in [5.41, 5.74) is 4.45. The Morgan fingerprint density at radius 1 is 1.09 bits per heavy atom. The van der Waals surface area contributed by atoms with Crippen LogP contribution in [-0.4, -0.2) is 37.6 Å². The Kier molecular flexibility index (Phi) is 5.37. The largest absolute Gasteiger partial charge is 0.372 e. The Bertz CT molecular complexity index is 474. The van der Waals surface area contributed by atoms with Gasteiger partial charge in [0, 0.05) is 37.9 Å². The summed E-state index contributed by atoms with van der Waals surface area (Å²) in [5, 5.41) is 3.65. The number of likely N-dealkylation sites (tertiary alicyclic amines) is 1. The Labute approximate surface area is 135 Å². The summed E-state index contributed by atoms with van der Waals surface area (Å²) in [7, 11) is 0. The van der Waals surface area contributed by atoms with E-state index in [1.54, 1.807) is 5.56 Å². The van der Waals surface area contributed by atoms with Crippen molar-refractivity contribution in [1.82, 2.24) is 10.2 Å². The molecule has 0 aliphatic carbocycles. The van der Waals surface area contributed by atoms with E-state index in [1.165, 1.54) is 50.0 Å². The summed E-state index contributed by atoms with van der Waals surface area (Å²) < 4.78 is 0. The zero-order valence-electron chi connectivity index (χ0n) is 14.3. The summed E-state index contributed by atoms with van der Waals surface area (Å²) in [6.07, 6.45) is 5.54. The molecule has 0 spiro atoms. The highest BCUT2D eigenvalue weighted by atomic mass is 15.2. The zero-order valence-corrected chi connectivity index (χ0v) is 14.3. The number of hydrogen-bond acceptors (Lipinski definition) is 3. The molecule has 1 N–H and O–H groups in total. The molecular formula is C19H31N3. The Morgan fingerprint density at radius 3 is 2.50 bits per heavy atom. The van der Waals surface area contributed by atoms with E-state index in [4.69, 9.17) is 0 Å². The molecule has 0 unspecified atom stereocenters. The maximum atomic E-state index is 3.65. The maximum absolute atomic E-state index is 3.65. The molecule has 2 aliphatic rings. The van der Waals surface area contributed by atoms with Gasteiger partial charge in [-0.05, 0) is 63.0 Å². The van der Waals surface area contributed by atoms with E-state index in [-0.39, 0.29) is 0 Å². The molecule has 3 heteroatoms. The van der Waals surface area contributed by atoms with Gasteiger partial charge in [0.2, 0.25) is 0 Å². The van der Waals surface area contributed by atoms with Gasteiger partial charge in [-0.3, -0.25) is 4.90 Å². The molecule has 1 aromatic carbocycles. The van der Waals surface area contributed by atoms with Crippen molar-refractivity contribution in [1.29, 1.82) is 0 Å². The van der Waals surface area contributed by atoms with Gasteiger partial charge in [0.1, 0.15) is 0 Å². The van der Waals surface area contributed by atoms with E-state index in [2.05, 4.69) is 47.2 Å². The van der Waals surface area contributed by atoms with Gasteiger partial charge < -0.3 is 10.2 Å². The standard InChI is InChI=1S/C19H31N3/c1-3-21(4-2)17-9-10-18-16(13-17)14-20-15-19(18)22-11-7-5-6-8-12-22/h9-10,13,19-20H,3-8,11-12,14-15H2,1-2H3/t19-/m0/s1. The van der Waals surface area contributed by atoms with Crippen LogP contribution in [0.4, 0.5) is 5.69 Å². The number of hydrogen-bond donors (Lipinski definition) is 1. The molecule has 1 atom stereocenters. The summed E-state index contributed by atoms with van der Waals surface area (Å²) in [4.78, 5) is 5.16. The third-order valence-electron chi connectivity index (χ3n) is 5.35. The van der Waals surface area contributed by atoms with E-state index in [1.807, 2.05) is 0 Å². The van der Waals surface area contributed by atoms with Crippen LogP contribution >= 0.6 is 0 Å². The molecule has 3 rings (SSSR count). The van der Waals surface area contributed by atoms with Crippen LogP contribution in [0.15, 0.2) is 18.2 Å². The van der Waals surface area contributed by atoms with Crippen LogP contribution in [0.2, 0.25) is 0 Å². The van der Waals surface area contributed by atoms with Gasteiger partial charge in [0.05, 0.1) is 0 Å². The molecule has 122 valence electrons. The summed E-state index contributed by atoms with van der Waals surface area (Å²) >= 11 is 0. The zero-order chi connectivity index (χ0) is 15.4. The quantitative estimate of drug-likeness (QED) is 0.917. The van der Waals surface area contributed by atoms with Crippen molar-refractivity contribution < 1.29 is 0 Å². The minimum atomic E-state index is 0.576. The Balaban J connectivity index is 1.83. The SMILES string of the molecule is CCN(CC)c1ccc2c(c1)CNC[C@@H]2N1CCCCCC1. The van der Waals surface area contributed by atoms with E-state index >= 15 is 0 Å². The first kappa shape index (κ1) is 15.8. The molecule has 3 nitrogen and oxygen atoms in total. The molecule has 1 fully saturated rings. The lowest BCUT2D eigenvalue weighted by atomic mass is 9.94. The van der Waals surface area contributed by atoms with Crippen LogP contribution in [0.3, 0.4) is 0 Å². The van der Waals surface area contributed by atoms with Gasteiger partial charge in [0.15, 0.2) is 0 Å². The van der Waals surface area contributed by atoms with Gasteiger partial charge in [-0.15, -0.1) is 0 Å². The summed E-state index contributed by atoms with van der Waals surface area (Å²) in [6.45, 7) is 11.3. The molecular weight excluding hydrogens is 270 g/mol. The number of fused-ring (bicyclic) bond motifs is 1. The number of benzene rings is 1. The lowest BCUT2D eigenvalue weighted by molar-refractivity contribution is 0.192. The number of anilines is 1. The molecule has 1 aromatic rings. The van der Waals surface area contributed by atoms with Crippen molar-refractivity contribution in [2.75, 3.05) is 37.6 Å². The van der Waals surface area contributed by atoms with Crippen LogP contribution in [0.1, 0.15) is 56.7 Å².